The molecule has 0 aromatic carbocycles. The average Bonchev–Trinajstić information content (AvgIpc) is 3.00. The van der Waals surface area contributed by atoms with Crippen molar-refractivity contribution < 1.29 is 4.79 Å². The number of hydrogen-bond acceptors (Lipinski definition) is 3. The Morgan fingerprint density at radius 1 is 1.36 bits per heavy atom. The number of carbonyl (C=O) groups is 1. The summed E-state index contributed by atoms with van der Waals surface area (Å²) in [6.45, 7) is 6.04. The minimum absolute atomic E-state index is 0.340. The minimum atomic E-state index is 0.340. The van der Waals surface area contributed by atoms with Crippen molar-refractivity contribution in [3.8, 4) is 0 Å². The van der Waals surface area contributed by atoms with E-state index in [0.717, 1.165) is 57.8 Å². The van der Waals surface area contributed by atoms with E-state index in [9.17, 15) is 4.79 Å². The predicted octanol–water partition coefficient (Wildman–Crippen LogP) is 2.13. The van der Waals surface area contributed by atoms with Crippen LogP contribution in [0.25, 0.3) is 0 Å². The van der Waals surface area contributed by atoms with Gasteiger partial charge in [-0.25, -0.2) is 0 Å². The Balaban J connectivity index is 1.49. The maximum absolute atomic E-state index is 12.5. The van der Waals surface area contributed by atoms with Crippen LogP contribution in [0.4, 0.5) is 0 Å². The molecule has 2 aliphatic heterocycles. The summed E-state index contributed by atoms with van der Waals surface area (Å²) in [6.07, 6.45) is 10.4. The molecule has 1 aromatic heterocycles. The first-order valence-corrected chi connectivity index (χ1v) is 8.71. The number of nitrogens with zero attached hydrogens (tertiary/aromatic N) is 3. The van der Waals surface area contributed by atoms with Crippen LogP contribution in [-0.2, 0) is 4.79 Å². The first kappa shape index (κ1) is 15.5. The summed E-state index contributed by atoms with van der Waals surface area (Å²) >= 11 is 0. The van der Waals surface area contributed by atoms with E-state index in [1.165, 1.54) is 18.4 Å². The largest absolute Gasteiger partial charge is 0.341 e. The van der Waals surface area contributed by atoms with Crippen molar-refractivity contribution in [3.63, 3.8) is 0 Å². The molecule has 3 rings (SSSR count). The highest BCUT2D eigenvalue weighted by atomic mass is 16.2. The molecule has 1 atom stereocenters. The third-order valence-electron chi connectivity index (χ3n) is 5.08. The topological polar surface area (TPSA) is 50.2 Å². The number of rotatable bonds is 4. The van der Waals surface area contributed by atoms with Crippen LogP contribution in [0.5, 0.6) is 0 Å². The molecule has 1 N–H and O–H groups in total. The lowest BCUT2D eigenvalue weighted by atomic mass is 9.93. The Morgan fingerprint density at radius 3 is 2.91 bits per heavy atom. The summed E-state index contributed by atoms with van der Waals surface area (Å²) < 4.78 is 2.04. The molecule has 2 aliphatic rings. The Bertz CT molecular complexity index is 493. The normalized spacial score (nSPS) is 23.7. The molecule has 0 aliphatic carbocycles. The van der Waals surface area contributed by atoms with Gasteiger partial charge in [-0.15, -0.1) is 0 Å². The molecule has 3 heterocycles. The fourth-order valence-corrected chi connectivity index (χ4v) is 3.69. The molecule has 0 saturated carbocycles. The minimum Gasteiger partial charge on any atom is -0.341 e. The Hall–Kier alpha value is -1.36. The summed E-state index contributed by atoms with van der Waals surface area (Å²) in [5, 5.41) is 7.81. The highest BCUT2D eigenvalue weighted by Gasteiger charge is 2.25. The molecule has 5 nitrogen and oxygen atoms in total. The quantitative estimate of drug-likeness (QED) is 0.927. The summed E-state index contributed by atoms with van der Waals surface area (Å²) in [7, 11) is 0. The van der Waals surface area contributed by atoms with Gasteiger partial charge >= 0.3 is 0 Å². The van der Waals surface area contributed by atoms with Gasteiger partial charge in [-0.1, -0.05) is 0 Å². The van der Waals surface area contributed by atoms with Crippen molar-refractivity contribution in [2.75, 3.05) is 26.2 Å². The lowest BCUT2D eigenvalue weighted by Crippen LogP contribution is -2.41. The highest BCUT2D eigenvalue weighted by molar-refractivity contribution is 5.76. The number of amides is 1. The monoisotopic (exact) mass is 304 g/mol. The first-order chi connectivity index (χ1) is 10.7. The third kappa shape index (κ3) is 3.88. The number of carbonyl (C=O) groups excluding carboxylic acids is 1. The number of hydrogen-bond donors (Lipinski definition) is 1. The van der Waals surface area contributed by atoms with Crippen LogP contribution in [0, 0.1) is 12.8 Å². The van der Waals surface area contributed by atoms with E-state index >= 15 is 0 Å². The van der Waals surface area contributed by atoms with Crippen molar-refractivity contribution in [1.29, 1.82) is 0 Å². The van der Waals surface area contributed by atoms with Gasteiger partial charge in [0.1, 0.15) is 0 Å². The van der Waals surface area contributed by atoms with Crippen molar-refractivity contribution in [2.45, 2.75) is 51.5 Å². The zero-order valence-corrected chi connectivity index (χ0v) is 13.6. The smallest absolute Gasteiger partial charge is 0.222 e. The number of likely N-dealkylation sites (tertiary alicyclic amines) is 1. The van der Waals surface area contributed by atoms with E-state index in [4.69, 9.17) is 0 Å². The first-order valence-electron chi connectivity index (χ1n) is 8.71. The fourth-order valence-electron chi connectivity index (χ4n) is 3.69. The van der Waals surface area contributed by atoms with Crippen molar-refractivity contribution in [1.82, 2.24) is 20.0 Å². The summed E-state index contributed by atoms with van der Waals surface area (Å²) in [5.41, 5.74) is 1.19. The second kappa shape index (κ2) is 7.27. The Morgan fingerprint density at radius 2 is 2.18 bits per heavy atom. The van der Waals surface area contributed by atoms with E-state index in [1.807, 2.05) is 10.9 Å². The summed E-state index contributed by atoms with van der Waals surface area (Å²) in [6, 6.07) is 0.352. The standard InChI is InChI=1S/C17H28N4O/c1-14-11-19-21(12-14)16-3-2-10-20(13-16)17(22)5-4-15-6-8-18-9-7-15/h11-12,15-16,18H,2-10,13H2,1H3. The van der Waals surface area contributed by atoms with Crippen molar-refractivity contribution in [2.24, 2.45) is 5.92 Å². The molecule has 2 fully saturated rings. The molecular formula is C17H28N4O. The van der Waals surface area contributed by atoms with Gasteiger partial charge in [0.05, 0.1) is 12.2 Å². The third-order valence-corrected chi connectivity index (χ3v) is 5.08. The molecular weight excluding hydrogens is 276 g/mol. The molecule has 1 aromatic rings. The van der Waals surface area contributed by atoms with E-state index in [2.05, 4.69) is 28.4 Å². The van der Waals surface area contributed by atoms with Gasteiger partial charge in [-0.05, 0) is 63.6 Å². The fraction of sp³-hybridized carbons (Fsp3) is 0.765. The zero-order chi connectivity index (χ0) is 15.4. The van der Waals surface area contributed by atoms with E-state index in [1.54, 1.807) is 0 Å². The Kier molecular flexibility index (Phi) is 5.13. The zero-order valence-electron chi connectivity index (χ0n) is 13.6. The molecule has 22 heavy (non-hydrogen) atoms. The summed E-state index contributed by atoms with van der Waals surface area (Å²) in [5.74, 6) is 1.08. The average molecular weight is 304 g/mol. The molecule has 2 saturated heterocycles. The van der Waals surface area contributed by atoms with Gasteiger partial charge in [0.25, 0.3) is 0 Å². The lowest BCUT2D eigenvalue weighted by Gasteiger charge is -2.33. The number of piperidine rings is 2. The van der Waals surface area contributed by atoms with Crippen molar-refractivity contribution >= 4 is 5.91 Å². The second-order valence-corrected chi connectivity index (χ2v) is 6.87. The van der Waals surface area contributed by atoms with Crippen LogP contribution in [0.15, 0.2) is 12.4 Å². The second-order valence-electron chi connectivity index (χ2n) is 6.87. The van der Waals surface area contributed by atoms with Gasteiger partial charge in [0.2, 0.25) is 5.91 Å². The molecule has 1 unspecified atom stereocenters. The molecule has 0 radical (unpaired) electrons. The van der Waals surface area contributed by atoms with Gasteiger partial charge in [0.15, 0.2) is 0 Å². The van der Waals surface area contributed by atoms with Crippen LogP contribution < -0.4 is 5.32 Å². The van der Waals surface area contributed by atoms with Gasteiger partial charge in [0, 0.05) is 25.7 Å². The lowest BCUT2D eigenvalue weighted by molar-refractivity contribution is -0.133. The van der Waals surface area contributed by atoms with E-state index in [-0.39, 0.29) is 0 Å². The predicted molar refractivity (Wildman–Crippen MR) is 86.6 cm³/mol. The number of nitrogens with one attached hydrogen (secondary N) is 1. The molecule has 0 bridgehead atoms. The number of aryl methyl sites for hydroxylation is 1. The summed E-state index contributed by atoms with van der Waals surface area (Å²) in [4.78, 5) is 14.6. The van der Waals surface area contributed by atoms with E-state index in [0.29, 0.717) is 11.9 Å². The maximum Gasteiger partial charge on any atom is 0.222 e. The number of aromatic nitrogens is 2. The van der Waals surface area contributed by atoms with Gasteiger partial charge in [-0.3, -0.25) is 9.48 Å². The van der Waals surface area contributed by atoms with Crippen molar-refractivity contribution in [3.05, 3.63) is 18.0 Å². The highest BCUT2D eigenvalue weighted by Crippen LogP contribution is 2.23. The van der Waals surface area contributed by atoms with Crippen LogP contribution in [-0.4, -0.2) is 46.8 Å². The Labute approximate surface area is 133 Å². The molecule has 122 valence electrons. The molecule has 0 spiro atoms. The molecule has 5 heteroatoms. The van der Waals surface area contributed by atoms with Crippen LogP contribution in [0.3, 0.4) is 0 Å². The van der Waals surface area contributed by atoms with Crippen LogP contribution in [0.1, 0.15) is 50.1 Å². The van der Waals surface area contributed by atoms with Gasteiger partial charge < -0.3 is 10.2 Å². The van der Waals surface area contributed by atoms with E-state index < -0.39 is 0 Å². The SMILES string of the molecule is Cc1cnn(C2CCCN(C(=O)CCC3CCNCC3)C2)c1. The molecule has 1 amide bonds. The van der Waals surface area contributed by atoms with Crippen LogP contribution >= 0.6 is 0 Å². The van der Waals surface area contributed by atoms with Crippen LogP contribution in [0.2, 0.25) is 0 Å². The maximum atomic E-state index is 12.5. The van der Waals surface area contributed by atoms with Gasteiger partial charge in [-0.2, -0.15) is 5.10 Å².